The van der Waals surface area contributed by atoms with Crippen LogP contribution in [-0.4, -0.2) is 23.5 Å². The fourth-order valence-electron chi connectivity index (χ4n) is 4.78. The van der Waals surface area contributed by atoms with Crippen LogP contribution in [0.3, 0.4) is 0 Å². The second-order valence-electron chi connectivity index (χ2n) is 10.2. The van der Waals surface area contributed by atoms with Gasteiger partial charge in [0.15, 0.2) is 5.78 Å². The van der Waals surface area contributed by atoms with E-state index in [1.165, 1.54) is 103 Å². The molecule has 1 unspecified atom stereocenters. The standard InChI is InChI=1S/C27H49NO3/c1-23(25(30)24(2)29)28-26(31)27(3)21-19-17-15-13-11-9-7-5-4-6-8-10-12-14-16-18-20-22-27/h23H,4-22H2,1-3H3,(H,28,31). The summed E-state index contributed by atoms with van der Waals surface area (Å²) in [4.78, 5) is 36.4. The average Bonchev–Trinajstić information content (AvgIpc) is 2.73. The first-order valence-corrected chi connectivity index (χ1v) is 13.2. The molecular formula is C27H49NO3. The number of hydrogen-bond donors (Lipinski definition) is 1. The quantitative estimate of drug-likeness (QED) is 0.480. The predicted octanol–water partition coefficient (Wildman–Crippen LogP) is 7.08. The molecule has 0 bridgehead atoms. The van der Waals surface area contributed by atoms with E-state index in [1.807, 2.05) is 0 Å². The Labute approximate surface area is 191 Å². The largest absolute Gasteiger partial charge is 0.346 e. The summed E-state index contributed by atoms with van der Waals surface area (Å²) in [6, 6.07) is -0.733. The van der Waals surface area contributed by atoms with Crippen LogP contribution >= 0.6 is 0 Å². The van der Waals surface area contributed by atoms with Crippen LogP contribution in [0.5, 0.6) is 0 Å². The molecule has 180 valence electrons. The van der Waals surface area contributed by atoms with Gasteiger partial charge in [-0.15, -0.1) is 0 Å². The highest BCUT2D eigenvalue weighted by Gasteiger charge is 2.34. The lowest BCUT2D eigenvalue weighted by Crippen LogP contribution is -2.47. The number of hydrogen-bond acceptors (Lipinski definition) is 3. The van der Waals surface area contributed by atoms with Gasteiger partial charge in [0, 0.05) is 12.3 Å². The van der Waals surface area contributed by atoms with Crippen molar-refractivity contribution in [2.24, 2.45) is 5.41 Å². The summed E-state index contributed by atoms with van der Waals surface area (Å²) in [5.41, 5.74) is -0.452. The lowest BCUT2D eigenvalue weighted by atomic mass is 9.78. The number of carbonyl (C=O) groups is 3. The number of carbonyl (C=O) groups excluding carboxylic acids is 3. The van der Waals surface area contributed by atoms with E-state index in [0.717, 1.165) is 25.7 Å². The average molecular weight is 436 g/mol. The monoisotopic (exact) mass is 435 g/mol. The third-order valence-electron chi connectivity index (χ3n) is 7.09. The molecule has 1 fully saturated rings. The van der Waals surface area contributed by atoms with Crippen LogP contribution in [0.2, 0.25) is 0 Å². The summed E-state index contributed by atoms with van der Waals surface area (Å²) >= 11 is 0. The molecule has 0 aromatic heterocycles. The summed E-state index contributed by atoms with van der Waals surface area (Å²) in [6.07, 6.45) is 23.6. The molecule has 4 heteroatoms. The van der Waals surface area contributed by atoms with Gasteiger partial charge in [0.25, 0.3) is 0 Å². The first-order valence-electron chi connectivity index (χ1n) is 13.2. The van der Waals surface area contributed by atoms with Crippen molar-refractivity contribution in [3.63, 3.8) is 0 Å². The Morgan fingerprint density at radius 1 is 0.613 bits per heavy atom. The fraction of sp³-hybridized carbons (Fsp3) is 0.889. The lowest BCUT2D eigenvalue weighted by molar-refractivity contribution is -0.139. The van der Waals surface area contributed by atoms with E-state index < -0.39 is 23.0 Å². The zero-order valence-electron chi connectivity index (χ0n) is 20.7. The minimum Gasteiger partial charge on any atom is -0.346 e. The highest BCUT2D eigenvalue weighted by molar-refractivity contribution is 6.38. The van der Waals surface area contributed by atoms with Crippen LogP contribution in [0, 0.1) is 5.41 Å². The van der Waals surface area contributed by atoms with Crippen molar-refractivity contribution in [1.29, 1.82) is 0 Å². The van der Waals surface area contributed by atoms with Crippen molar-refractivity contribution in [3.05, 3.63) is 0 Å². The third-order valence-corrected chi connectivity index (χ3v) is 7.09. The Morgan fingerprint density at radius 3 is 1.19 bits per heavy atom. The second-order valence-corrected chi connectivity index (χ2v) is 10.2. The molecule has 0 radical (unpaired) electrons. The first kappa shape index (κ1) is 27.8. The van der Waals surface area contributed by atoms with Gasteiger partial charge in [0.05, 0.1) is 6.04 Å². The van der Waals surface area contributed by atoms with E-state index in [2.05, 4.69) is 12.2 Å². The van der Waals surface area contributed by atoms with Crippen molar-refractivity contribution in [1.82, 2.24) is 5.32 Å². The molecule has 1 saturated carbocycles. The van der Waals surface area contributed by atoms with E-state index in [-0.39, 0.29) is 5.91 Å². The van der Waals surface area contributed by atoms with Crippen LogP contribution in [0.1, 0.15) is 143 Å². The normalized spacial score (nSPS) is 22.0. The zero-order valence-corrected chi connectivity index (χ0v) is 20.7. The minimum absolute atomic E-state index is 0.0586. The van der Waals surface area contributed by atoms with Crippen LogP contribution in [0.15, 0.2) is 0 Å². The smallest absolute Gasteiger partial charge is 0.226 e. The van der Waals surface area contributed by atoms with Crippen molar-refractivity contribution >= 4 is 17.5 Å². The Morgan fingerprint density at radius 2 is 0.903 bits per heavy atom. The van der Waals surface area contributed by atoms with Gasteiger partial charge in [0.2, 0.25) is 11.7 Å². The van der Waals surface area contributed by atoms with E-state index in [1.54, 1.807) is 6.92 Å². The molecule has 0 heterocycles. The fourth-order valence-corrected chi connectivity index (χ4v) is 4.78. The molecule has 1 amide bonds. The number of rotatable bonds is 4. The maximum atomic E-state index is 13.1. The van der Waals surface area contributed by atoms with E-state index >= 15 is 0 Å². The van der Waals surface area contributed by atoms with Gasteiger partial charge in [0.1, 0.15) is 0 Å². The Hall–Kier alpha value is -1.19. The van der Waals surface area contributed by atoms with Gasteiger partial charge >= 0.3 is 0 Å². The number of Topliss-reactive ketones (excluding diaryl/α,β-unsaturated/α-hetero) is 2. The highest BCUT2D eigenvalue weighted by Crippen LogP contribution is 2.32. The molecule has 0 saturated heterocycles. The Balaban J connectivity index is 2.60. The molecule has 4 nitrogen and oxygen atoms in total. The van der Waals surface area contributed by atoms with Gasteiger partial charge in [-0.2, -0.15) is 0 Å². The van der Waals surface area contributed by atoms with Crippen molar-refractivity contribution < 1.29 is 14.4 Å². The van der Waals surface area contributed by atoms with Gasteiger partial charge in [-0.3, -0.25) is 14.4 Å². The topological polar surface area (TPSA) is 63.2 Å². The summed E-state index contributed by atoms with van der Waals surface area (Å²) in [5, 5.41) is 2.84. The Bertz CT molecular complexity index is 509. The molecule has 1 N–H and O–H groups in total. The highest BCUT2D eigenvalue weighted by atomic mass is 16.2. The van der Waals surface area contributed by atoms with Crippen molar-refractivity contribution in [3.8, 4) is 0 Å². The number of nitrogens with one attached hydrogen (secondary N) is 1. The molecule has 0 aromatic rings. The summed E-state index contributed by atoms with van der Waals surface area (Å²) in [6.45, 7) is 4.95. The predicted molar refractivity (Wildman–Crippen MR) is 129 cm³/mol. The third kappa shape index (κ3) is 12.4. The van der Waals surface area contributed by atoms with Crippen molar-refractivity contribution in [2.45, 2.75) is 149 Å². The van der Waals surface area contributed by atoms with Gasteiger partial charge in [-0.05, 0) is 19.8 Å². The SMILES string of the molecule is CC(=O)C(=O)C(C)NC(=O)C1(C)CCCCCCCCCCCCCCCCCCC1. The van der Waals surface area contributed by atoms with Crippen molar-refractivity contribution in [2.75, 3.05) is 0 Å². The maximum absolute atomic E-state index is 13.1. The molecule has 1 rings (SSSR count). The maximum Gasteiger partial charge on any atom is 0.226 e. The summed E-state index contributed by atoms with van der Waals surface area (Å²) in [7, 11) is 0. The van der Waals surface area contributed by atoms with Crippen LogP contribution in [0.4, 0.5) is 0 Å². The minimum atomic E-state index is -0.733. The number of ketones is 2. The van der Waals surface area contributed by atoms with E-state index in [4.69, 9.17) is 0 Å². The molecule has 31 heavy (non-hydrogen) atoms. The van der Waals surface area contributed by atoms with Gasteiger partial charge in [-0.1, -0.05) is 116 Å². The molecule has 1 atom stereocenters. The van der Waals surface area contributed by atoms with Crippen LogP contribution < -0.4 is 5.32 Å². The molecule has 0 spiro atoms. The van der Waals surface area contributed by atoms with E-state index in [9.17, 15) is 14.4 Å². The summed E-state index contributed by atoms with van der Waals surface area (Å²) < 4.78 is 0. The Kier molecular flexibility index (Phi) is 14.8. The lowest BCUT2D eigenvalue weighted by Gasteiger charge is -2.30. The molecule has 0 aliphatic heterocycles. The summed E-state index contributed by atoms with van der Waals surface area (Å²) in [5.74, 6) is -1.06. The zero-order chi connectivity index (χ0) is 23.0. The molecule has 0 aromatic carbocycles. The van der Waals surface area contributed by atoms with E-state index in [0.29, 0.717) is 0 Å². The second kappa shape index (κ2) is 16.4. The van der Waals surface area contributed by atoms with Gasteiger partial charge in [-0.25, -0.2) is 0 Å². The molecule has 1 aliphatic carbocycles. The van der Waals surface area contributed by atoms with Gasteiger partial charge < -0.3 is 5.32 Å². The molecule has 1 aliphatic rings. The molecular weight excluding hydrogens is 386 g/mol. The number of amides is 1. The van der Waals surface area contributed by atoms with Crippen LogP contribution in [-0.2, 0) is 14.4 Å². The van der Waals surface area contributed by atoms with Crippen LogP contribution in [0.25, 0.3) is 0 Å². The first-order chi connectivity index (χ1) is 14.9.